The van der Waals surface area contributed by atoms with E-state index in [-0.39, 0.29) is 11.4 Å². The van der Waals surface area contributed by atoms with Crippen molar-refractivity contribution in [2.24, 2.45) is 0 Å². The number of alkyl halides is 1. The third kappa shape index (κ3) is 4.66. The van der Waals surface area contributed by atoms with E-state index >= 15 is 0 Å². The average Bonchev–Trinajstić information content (AvgIpc) is 2.17. The van der Waals surface area contributed by atoms with Crippen molar-refractivity contribution in [2.45, 2.75) is 38.6 Å². The zero-order valence-corrected chi connectivity index (χ0v) is 10.7. The summed E-state index contributed by atoms with van der Waals surface area (Å²) in [4.78, 5) is 8.32. The summed E-state index contributed by atoms with van der Waals surface area (Å²) in [6.45, 7) is 6.54. The molecule has 2 unspecified atom stereocenters. The molecule has 0 aliphatic carbocycles. The van der Waals surface area contributed by atoms with E-state index in [9.17, 15) is 0 Å². The lowest BCUT2D eigenvalue weighted by Gasteiger charge is -2.15. The van der Waals surface area contributed by atoms with Gasteiger partial charge in [0, 0.05) is 11.4 Å². The molecule has 0 radical (unpaired) electrons. The highest BCUT2D eigenvalue weighted by Gasteiger charge is 2.07. The number of aromatic nitrogens is 2. The summed E-state index contributed by atoms with van der Waals surface area (Å²) in [5.74, 6) is 1.26. The van der Waals surface area contributed by atoms with E-state index in [1.165, 1.54) is 0 Å². The number of hydrogen-bond acceptors (Lipinski definition) is 4. The predicted octanol–water partition coefficient (Wildman–Crippen LogP) is 2.69. The Morgan fingerprint density at radius 2 is 2.19 bits per heavy atom. The number of hydrogen-bond donors (Lipinski definition) is 1. The molecule has 0 saturated heterocycles. The van der Waals surface area contributed by atoms with Gasteiger partial charge in [0.05, 0.1) is 19.0 Å². The lowest BCUT2D eigenvalue weighted by atomic mass is 10.2. The van der Waals surface area contributed by atoms with Crippen LogP contribution in [0.3, 0.4) is 0 Å². The van der Waals surface area contributed by atoms with Crippen LogP contribution in [0.5, 0.6) is 5.88 Å². The van der Waals surface area contributed by atoms with Crippen molar-refractivity contribution in [3.05, 3.63) is 12.4 Å². The van der Waals surface area contributed by atoms with Crippen LogP contribution >= 0.6 is 11.6 Å². The largest absolute Gasteiger partial charge is 0.477 e. The van der Waals surface area contributed by atoms with Crippen LogP contribution < -0.4 is 10.1 Å². The zero-order chi connectivity index (χ0) is 12.0. The Balaban J connectivity index is 2.55. The van der Waals surface area contributed by atoms with Gasteiger partial charge in [-0.25, -0.2) is 0 Å². The first-order chi connectivity index (χ1) is 7.61. The van der Waals surface area contributed by atoms with Gasteiger partial charge >= 0.3 is 0 Å². The fourth-order valence-electron chi connectivity index (χ4n) is 1.43. The molecule has 0 fully saturated rings. The quantitative estimate of drug-likeness (QED) is 0.781. The average molecular weight is 244 g/mol. The summed E-state index contributed by atoms with van der Waals surface area (Å²) in [6.07, 6.45) is 4.16. The highest BCUT2D eigenvalue weighted by Crippen LogP contribution is 2.12. The number of nitrogens with zero attached hydrogens (tertiary/aromatic N) is 2. The molecule has 5 heteroatoms. The normalized spacial score (nSPS) is 14.2. The monoisotopic (exact) mass is 243 g/mol. The van der Waals surface area contributed by atoms with Gasteiger partial charge in [0.15, 0.2) is 0 Å². The molecule has 1 N–H and O–H groups in total. The van der Waals surface area contributed by atoms with E-state index in [2.05, 4.69) is 22.2 Å². The van der Waals surface area contributed by atoms with E-state index in [0.717, 1.165) is 12.2 Å². The summed E-state index contributed by atoms with van der Waals surface area (Å²) in [7, 11) is 0. The van der Waals surface area contributed by atoms with Gasteiger partial charge in [-0.05, 0) is 27.2 Å². The summed E-state index contributed by atoms with van der Waals surface area (Å²) < 4.78 is 5.27. The minimum absolute atomic E-state index is 0.144. The van der Waals surface area contributed by atoms with Crippen LogP contribution in [0, 0.1) is 0 Å². The van der Waals surface area contributed by atoms with Crippen LogP contribution in [0.25, 0.3) is 0 Å². The third-order valence-electron chi connectivity index (χ3n) is 1.98. The van der Waals surface area contributed by atoms with Crippen molar-refractivity contribution in [1.29, 1.82) is 0 Å². The summed E-state index contributed by atoms with van der Waals surface area (Å²) in [5.41, 5.74) is 0. The minimum Gasteiger partial charge on any atom is -0.477 e. The van der Waals surface area contributed by atoms with Gasteiger partial charge in [0.1, 0.15) is 5.82 Å². The number of nitrogens with one attached hydrogen (secondary N) is 1. The Morgan fingerprint density at radius 3 is 2.81 bits per heavy atom. The van der Waals surface area contributed by atoms with Crippen LogP contribution in [0.1, 0.15) is 27.2 Å². The Labute approximate surface area is 101 Å². The smallest absolute Gasteiger partial charge is 0.234 e. The van der Waals surface area contributed by atoms with Crippen LogP contribution in [0.15, 0.2) is 12.4 Å². The highest BCUT2D eigenvalue weighted by atomic mass is 35.5. The summed E-state index contributed by atoms with van der Waals surface area (Å²) in [6, 6.07) is 0.263. The third-order valence-corrected chi connectivity index (χ3v) is 2.16. The second-order valence-corrected chi connectivity index (χ2v) is 4.48. The van der Waals surface area contributed by atoms with Crippen LogP contribution in [0.4, 0.5) is 5.82 Å². The molecule has 90 valence electrons. The maximum Gasteiger partial charge on any atom is 0.234 e. The Kier molecular flexibility index (Phi) is 5.32. The number of anilines is 1. The highest BCUT2D eigenvalue weighted by molar-refractivity contribution is 6.20. The predicted molar refractivity (Wildman–Crippen MR) is 66.2 cm³/mol. The van der Waals surface area contributed by atoms with Crippen LogP contribution in [-0.2, 0) is 0 Å². The van der Waals surface area contributed by atoms with Crippen molar-refractivity contribution < 1.29 is 4.74 Å². The fraction of sp³-hybridized carbons (Fsp3) is 0.636. The molecule has 0 aliphatic rings. The molecule has 0 bridgehead atoms. The standard InChI is InChI=1S/C11H18ClN3O/c1-4-16-11-7-13-6-10(15-11)14-9(3)5-8(2)12/h6-9H,4-5H2,1-3H3,(H,14,15). The van der Waals surface area contributed by atoms with Crippen LogP contribution in [-0.4, -0.2) is 28.0 Å². The van der Waals surface area contributed by atoms with Gasteiger partial charge in [-0.15, -0.1) is 11.6 Å². The Hall–Kier alpha value is -1.03. The molecule has 0 aliphatic heterocycles. The van der Waals surface area contributed by atoms with Gasteiger partial charge in [-0.2, -0.15) is 4.98 Å². The second-order valence-electron chi connectivity index (χ2n) is 3.74. The molecule has 4 nitrogen and oxygen atoms in total. The topological polar surface area (TPSA) is 47.0 Å². The second kappa shape index (κ2) is 6.53. The van der Waals surface area contributed by atoms with Gasteiger partial charge in [0.2, 0.25) is 5.88 Å². The first-order valence-electron chi connectivity index (χ1n) is 5.47. The van der Waals surface area contributed by atoms with Gasteiger partial charge in [-0.1, -0.05) is 0 Å². The first-order valence-corrected chi connectivity index (χ1v) is 5.91. The van der Waals surface area contributed by atoms with E-state index in [4.69, 9.17) is 16.3 Å². The lowest BCUT2D eigenvalue weighted by molar-refractivity contribution is 0.325. The summed E-state index contributed by atoms with van der Waals surface area (Å²) in [5, 5.41) is 3.38. The first kappa shape index (κ1) is 13.0. The molecule has 16 heavy (non-hydrogen) atoms. The van der Waals surface area contributed by atoms with E-state index in [1.807, 2.05) is 13.8 Å². The van der Waals surface area contributed by atoms with Crippen molar-refractivity contribution in [1.82, 2.24) is 9.97 Å². The molecular weight excluding hydrogens is 226 g/mol. The van der Waals surface area contributed by atoms with Crippen molar-refractivity contribution in [3.8, 4) is 5.88 Å². The molecule has 1 rings (SSSR count). The zero-order valence-electron chi connectivity index (χ0n) is 9.90. The Morgan fingerprint density at radius 1 is 1.44 bits per heavy atom. The van der Waals surface area contributed by atoms with Gasteiger partial charge < -0.3 is 10.1 Å². The molecule has 0 saturated carbocycles. The molecule has 1 aromatic heterocycles. The maximum atomic E-state index is 5.92. The molecular formula is C11H18ClN3O. The molecule has 0 aromatic carbocycles. The minimum atomic E-state index is 0.144. The molecule has 0 amide bonds. The van der Waals surface area contributed by atoms with Gasteiger partial charge in [-0.3, -0.25) is 4.98 Å². The van der Waals surface area contributed by atoms with E-state index in [0.29, 0.717) is 12.5 Å². The lowest BCUT2D eigenvalue weighted by Crippen LogP contribution is -2.19. The van der Waals surface area contributed by atoms with E-state index < -0.39 is 0 Å². The maximum absolute atomic E-state index is 5.92. The molecule has 2 atom stereocenters. The van der Waals surface area contributed by atoms with E-state index in [1.54, 1.807) is 12.4 Å². The van der Waals surface area contributed by atoms with Crippen LogP contribution in [0.2, 0.25) is 0 Å². The van der Waals surface area contributed by atoms with Gasteiger partial charge in [0.25, 0.3) is 0 Å². The van der Waals surface area contributed by atoms with Crippen molar-refractivity contribution in [2.75, 3.05) is 11.9 Å². The van der Waals surface area contributed by atoms with Crippen molar-refractivity contribution in [3.63, 3.8) is 0 Å². The number of halogens is 1. The SMILES string of the molecule is CCOc1cncc(NC(C)CC(C)Cl)n1. The molecule has 1 heterocycles. The fourth-order valence-corrected chi connectivity index (χ4v) is 1.70. The molecule has 1 aromatic rings. The molecule has 0 spiro atoms. The van der Waals surface area contributed by atoms with Crippen molar-refractivity contribution >= 4 is 17.4 Å². The number of rotatable bonds is 6. The summed E-state index contributed by atoms with van der Waals surface area (Å²) >= 11 is 5.92. The number of ether oxygens (including phenoxy) is 1. The Bertz CT molecular complexity index is 320.